The predicted molar refractivity (Wildman–Crippen MR) is 171 cm³/mol. The Hall–Kier alpha value is -2.95. The van der Waals surface area contributed by atoms with Crippen LogP contribution in [0, 0.1) is 0 Å². The van der Waals surface area contributed by atoms with Crippen molar-refractivity contribution in [1.29, 1.82) is 0 Å². The van der Waals surface area contributed by atoms with E-state index in [-0.39, 0.29) is 5.41 Å². The molecule has 0 N–H and O–H groups in total. The third kappa shape index (κ3) is 6.13. The zero-order chi connectivity index (χ0) is 27.9. The van der Waals surface area contributed by atoms with E-state index < -0.39 is 0 Å². The number of para-hydroxylation sites is 2. The number of thiazole rings is 1. The SMILES string of the molecule is CC[n+]1c(/C=C/C=C/C=C/C=C2\N(CCC[N+](CC)(CC)CC)c3ccccc3C2(C)C)sc2ccccc21. The fourth-order valence-corrected chi connectivity index (χ4v) is 7.21. The van der Waals surface area contributed by atoms with Crippen LogP contribution in [0.15, 0.2) is 90.7 Å². The first-order valence-corrected chi connectivity index (χ1v) is 15.6. The Morgan fingerprint density at radius 3 is 2.26 bits per heavy atom. The molecule has 4 heteroatoms. The Morgan fingerprint density at radius 2 is 1.51 bits per heavy atom. The zero-order valence-corrected chi connectivity index (χ0v) is 25.7. The smallest absolute Gasteiger partial charge is 0.262 e. The molecule has 1 aliphatic rings. The summed E-state index contributed by atoms with van der Waals surface area (Å²) in [6, 6.07) is 17.6. The van der Waals surface area contributed by atoms with Crippen molar-refractivity contribution in [2.75, 3.05) is 37.6 Å². The van der Waals surface area contributed by atoms with Gasteiger partial charge in [0.25, 0.3) is 5.01 Å². The van der Waals surface area contributed by atoms with Gasteiger partial charge in [0.05, 0.1) is 26.2 Å². The first kappa shape index (κ1) is 29.0. The maximum absolute atomic E-state index is 2.57. The van der Waals surface area contributed by atoms with Gasteiger partial charge >= 0.3 is 0 Å². The predicted octanol–water partition coefficient (Wildman–Crippen LogP) is 8.28. The van der Waals surface area contributed by atoms with Crippen molar-refractivity contribution in [3.63, 3.8) is 0 Å². The number of allylic oxidation sites excluding steroid dienone is 7. The molecule has 1 aromatic heterocycles. The topological polar surface area (TPSA) is 7.12 Å². The number of benzene rings is 2. The van der Waals surface area contributed by atoms with Gasteiger partial charge in [-0.15, -0.1) is 0 Å². The lowest BCUT2D eigenvalue weighted by Crippen LogP contribution is -2.48. The quantitative estimate of drug-likeness (QED) is 0.127. The molecule has 0 unspecified atom stereocenters. The molecule has 206 valence electrons. The molecule has 1 aliphatic heterocycles. The molecule has 3 aromatic rings. The van der Waals surface area contributed by atoms with E-state index >= 15 is 0 Å². The van der Waals surface area contributed by atoms with Crippen molar-refractivity contribution < 1.29 is 9.05 Å². The van der Waals surface area contributed by atoms with Crippen LogP contribution in [0.5, 0.6) is 0 Å². The van der Waals surface area contributed by atoms with Crippen LogP contribution in [0.3, 0.4) is 0 Å². The minimum absolute atomic E-state index is 0.00822. The van der Waals surface area contributed by atoms with Crippen molar-refractivity contribution in [2.24, 2.45) is 0 Å². The molecule has 39 heavy (non-hydrogen) atoms. The van der Waals surface area contributed by atoms with E-state index in [0.29, 0.717) is 0 Å². The van der Waals surface area contributed by atoms with Crippen LogP contribution in [0.25, 0.3) is 16.3 Å². The molecule has 0 spiro atoms. The second-order valence-electron chi connectivity index (χ2n) is 11.0. The Bertz CT molecular complexity index is 1360. The van der Waals surface area contributed by atoms with Crippen LogP contribution in [0.4, 0.5) is 5.69 Å². The van der Waals surface area contributed by atoms with Crippen LogP contribution in [-0.2, 0) is 12.0 Å². The summed E-state index contributed by atoms with van der Waals surface area (Å²) < 4.78 is 4.92. The highest BCUT2D eigenvalue weighted by molar-refractivity contribution is 7.18. The van der Waals surface area contributed by atoms with Gasteiger partial charge in [-0.1, -0.05) is 85.9 Å². The van der Waals surface area contributed by atoms with Gasteiger partial charge in [-0.3, -0.25) is 0 Å². The number of aromatic nitrogens is 1. The number of nitrogens with zero attached hydrogens (tertiary/aromatic N) is 3. The monoisotopic (exact) mass is 541 g/mol. The van der Waals surface area contributed by atoms with E-state index in [9.17, 15) is 0 Å². The molecule has 2 heterocycles. The van der Waals surface area contributed by atoms with Crippen LogP contribution in [-0.4, -0.2) is 37.2 Å². The molecule has 0 radical (unpaired) electrons. The average molecular weight is 542 g/mol. The lowest BCUT2D eigenvalue weighted by molar-refractivity contribution is -0.923. The number of aryl methyl sites for hydroxylation is 1. The summed E-state index contributed by atoms with van der Waals surface area (Å²) in [7, 11) is 0. The molecule has 0 bridgehead atoms. The molecule has 4 rings (SSSR count). The minimum atomic E-state index is -0.00822. The fraction of sp³-hybridized carbons (Fsp3) is 0.400. The molecule has 0 aliphatic carbocycles. The maximum Gasteiger partial charge on any atom is 0.262 e. The molecule has 0 atom stereocenters. The van der Waals surface area contributed by atoms with E-state index in [1.165, 1.54) is 69.3 Å². The summed E-state index contributed by atoms with van der Waals surface area (Å²) in [6.07, 6.45) is 16.5. The summed E-state index contributed by atoms with van der Waals surface area (Å²) in [4.78, 5) is 2.57. The standard InChI is InChI=1S/C35H47N3S/c1-7-36-31-23-18-19-24-32(31)39-34(36)26-15-13-11-12-14-25-33-35(5,6)29-21-16-17-22-30(29)37(33)27-20-28-38(8-2,9-3)10-4/h11-19,21-26H,7-10,20,27-28H2,1-6H3/q+2. The highest BCUT2D eigenvalue weighted by atomic mass is 32.1. The summed E-state index contributed by atoms with van der Waals surface area (Å²) >= 11 is 1.85. The van der Waals surface area contributed by atoms with Gasteiger partial charge in [0, 0.05) is 41.9 Å². The molecule has 0 saturated carbocycles. The van der Waals surface area contributed by atoms with Crippen molar-refractivity contribution in [2.45, 2.75) is 59.9 Å². The second kappa shape index (κ2) is 12.9. The summed E-state index contributed by atoms with van der Waals surface area (Å²) in [5, 5.41) is 1.28. The van der Waals surface area contributed by atoms with Gasteiger partial charge in [0.1, 0.15) is 11.2 Å². The van der Waals surface area contributed by atoms with Crippen LogP contribution < -0.4 is 9.47 Å². The number of rotatable bonds is 12. The third-order valence-corrected chi connectivity index (χ3v) is 9.85. The first-order chi connectivity index (χ1) is 18.9. The molecule has 2 aromatic carbocycles. The first-order valence-electron chi connectivity index (χ1n) is 14.8. The summed E-state index contributed by atoms with van der Waals surface area (Å²) in [5.74, 6) is 0. The van der Waals surface area contributed by atoms with E-state index in [1.807, 2.05) is 11.3 Å². The Kier molecular flexibility index (Phi) is 9.63. The van der Waals surface area contributed by atoms with Gasteiger partial charge in [-0.2, -0.15) is 4.57 Å². The van der Waals surface area contributed by atoms with Gasteiger partial charge in [0.15, 0.2) is 0 Å². The molecular weight excluding hydrogens is 494 g/mol. The van der Waals surface area contributed by atoms with E-state index in [4.69, 9.17) is 0 Å². The largest absolute Gasteiger partial charge is 0.344 e. The fourth-order valence-electron chi connectivity index (χ4n) is 6.07. The zero-order valence-electron chi connectivity index (χ0n) is 24.9. The van der Waals surface area contributed by atoms with E-state index in [1.54, 1.807) is 0 Å². The summed E-state index contributed by atoms with van der Waals surface area (Å²) in [6.45, 7) is 20.9. The third-order valence-electron chi connectivity index (χ3n) is 8.72. The van der Waals surface area contributed by atoms with Crippen molar-refractivity contribution in [1.82, 2.24) is 0 Å². The number of anilines is 1. The second-order valence-corrected chi connectivity index (χ2v) is 12.1. The summed E-state index contributed by atoms with van der Waals surface area (Å²) in [5.41, 5.74) is 5.49. The van der Waals surface area contributed by atoms with Gasteiger partial charge < -0.3 is 9.38 Å². The molecule has 0 amide bonds. The minimum Gasteiger partial charge on any atom is -0.344 e. The highest BCUT2D eigenvalue weighted by Crippen LogP contribution is 2.47. The number of hydrogen-bond donors (Lipinski definition) is 0. The van der Waals surface area contributed by atoms with Crippen LogP contribution in [0.1, 0.15) is 58.5 Å². The lowest BCUT2D eigenvalue weighted by atomic mass is 9.84. The van der Waals surface area contributed by atoms with Gasteiger partial charge in [0.2, 0.25) is 5.52 Å². The molecule has 3 nitrogen and oxygen atoms in total. The number of hydrogen-bond acceptors (Lipinski definition) is 2. The average Bonchev–Trinajstić information content (AvgIpc) is 3.42. The van der Waals surface area contributed by atoms with E-state index in [0.717, 1.165) is 13.1 Å². The Morgan fingerprint density at radius 1 is 0.846 bits per heavy atom. The normalized spacial score (nSPS) is 16.6. The van der Waals surface area contributed by atoms with Crippen molar-refractivity contribution in [3.8, 4) is 0 Å². The molecular formula is C35H47N3S+2. The Labute approximate surface area is 240 Å². The highest BCUT2D eigenvalue weighted by Gasteiger charge is 2.39. The van der Waals surface area contributed by atoms with Crippen molar-refractivity contribution >= 4 is 33.3 Å². The van der Waals surface area contributed by atoms with E-state index in [2.05, 4.69) is 142 Å². The molecule has 0 saturated heterocycles. The Balaban J connectivity index is 1.48. The molecule has 0 fully saturated rings. The van der Waals surface area contributed by atoms with Crippen molar-refractivity contribution in [3.05, 3.63) is 101 Å². The van der Waals surface area contributed by atoms with Crippen LogP contribution >= 0.6 is 11.3 Å². The van der Waals surface area contributed by atoms with Crippen LogP contribution in [0.2, 0.25) is 0 Å². The number of quaternary nitrogens is 1. The lowest BCUT2D eigenvalue weighted by Gasteiger charge is -2.36. The maximum atomic E-state index is 2.57. The number of fused-ring (bicyclic) bond motifs is 2. The van der Waals surface area contributed by atoms with Gasteiger partial charge in [-0.25, -0.2) is 0 Å². The van der Waals surface area contributed by atoms with Gasteiger partial charge in [-0.05, 0) is 51.5 Å².